The van der Waals surface area contributed by atoms with Crippen molar-refractivity contribution in [3.63, 3.8) is 0 Å². The van der Waals surface area contributed by atoms with Crippen molar-refractivity contribution >= 4 is 46.1 Å². The molecular formula is C20H20N8O2S3. The molecule has 0 saturated carbocycles. The molecule has 3 heterocycles. The topological polar surface area (TPSA) is 122 Å². The van der Waals surface area contributed by atoms with Crippen LogP contribution in [0.2, 0.25) is 0 Å². The summed E-state index contributed by atoms with van der Waals surface area (Å²) < 4.78 is 9.80. The second-order valence-electron chi connectivity index (χ2n) is 6.84. The number of H-pyrrole nitrogens is 1. The predicted molar refractivity (Wildman–Crippen MR) is 127 cm³/mol. The maximum absolute atomic E-state index is 13.0. The van der Waals surface area contributed by atoms with Crippen molar-refractivity contribution in [3.05, 3.63) is 54.7 Å². The van der Waals surface area contributed by atoms with Gasteiger partial charge in [0.15, 0.2) is 5.16 Å². The molecule has 0 radical (unpaired) electrons. The second kappa shape index (κ2) is 10.7. The number of ether oxygens (including phenoxy) is 1. The molecule has 4 aromatic rings. The minimum atomic E-state index is -0.367. The fraction of sp³-hybridized carbons (Fsp3) is 0.200. The first-order valence-corrected chi connectivity index (χ1v) is 12.1. The summed E-state index contributed by atoms with van der Waals surface area (Å²) in [7, 11) is 3.92. The van der Waals surface area contributed by atoms with Crippen LogP contribution in [0.3, 0.4) is 0 Å². The van der Waals surface area contributed by atoms with Gasteiger partial charge in [0, 0.05) is 21.3 Å². The summed E-state index contributed by atoms with van der Waals surface area (Å²) in [5.41, 5.74) is 0.279. The van der Waals surface area contributed by atoms with Gasteiger partial charge >= 0.3 is 0 Å². The van der Waals surface area contributed by atoms with E-state index in [0.29, 0.717) is 20.2 Å². The highest BCUT2D eigenvalue weighted by Crippen LogP contribution is 2.33. The number of benzene rings is 1. The second-order valence-corrected chi connectivity index (χ2v) is 9.75. The van der Waals surface area contributed by atoms with E-state index in [4.69, 9.17) is 4.74 Å². The number of hydrogen-bond acceptors (Lipinski definition) is 11. The van der Waals surface area contributed by atoms with E-state index < -0.39 is 0 Å². The van der Waals surface area contributed by atoms with Crippen molar-refractivity contribution < 1.29 is 9.53 Å². The predicted octanol–water partition coefficient (Wildman–Crippen LogP) is 3.89. The van der Waals surface area contributed by atoms with Crippen LogP contribution in [0.5, 0.6) is 5.75 Å². The van der Waals surface area contributed by atoms with Gasteiger partial charge in [-0.15, -0.1) is 0 Å². The largest absolute Gasteiger partial charge is 0.475 e. The number of amides is 1. The van der Waals surface area contributed by atoms with Gasteiger partial charge < -0.3 is 4.74 Å². The van der Waals surface area contributed by atoms with Gasteiger partial charge in [-0.2, -0.15) is 9.47 Å². The lowest BCUT2D eigenvalue weighted by molar-refractivity contribution is 0.0815. The van der Waals surface area contributed by atoms with Crippen LogP contribution in [0.15, 0.2) is 69.0 Å². The number of aromatic amines is 1. The number of rotatable bonds is 9. The molecule has 4 rings (SSSR count). The number of pyridine rings is 1. The Morgan fingerprint density at radius 3 is 2.61 bits per heavy atom. The van der Waals surface area contributed by atoms with Gasteiger partial charge in [0.05, 0.1) is 0 Å². The summed E-state index contributed by atoms with van der Waals surface area (Å²) in [4.78, 5) is 29.3. The third kappa shape index (κ3) is 6.28. The lowest BCUT2D eigenvalue weighted by Gasteiger charge is -2.21. The Kier molecular flexibility index (Phi) is 7.54. The summed E-state index contributed by atoms with van der Waals surface area (Å²) >= 11 is 3.82. The molecule has 10 nitrogen and oxygen atoms in total. The first-order chi connectivity index (χ1) is 16.0. The van der Waals surface area contributed by atoms with Crippen molar-refractivity contribution in [2.24, 2.45) is 0 Å². The van der Waals surface area contributed by atoms with Crippen molar-refractivity contribution in [3.8, 4) is 5.75 Å². The van der Waals surface area contributed by atoms with Gasteiger partial charge in [-0.05, 0) is 69.2 Å². The zero-order chi connectivity index (χ0) is 23.2. The van der Waals surface area contributed by atoms with Crippen LogP contribution >= 0.6 is 35.1 Å². The third-order valence-electron chi connectivity index (χ3n) is 4.31. The van der Waals surface area contributed by atoms with Gasteiger partial charge in [0.1, 0.15) is 35.4 Å². The maximum atomic E-state index is 13.0. The highest BCUT2D eigenvalue weighted by Gasteiger charge is 2.18. The van der Waals surface area contributed by atoms with Crippen molar-refractivity contribution in [2.45, 2.75) is 33.1 Å². The van der Waals surface area contributed by atoms with E-state index in [1.165, 1.54) is 36.2 Å². The molecule has 170 valence electrons. The van der Waals surface area contributed by atoms with Crippen molar-refractivity contribution in [2.75, 3.05) is 19.4 Å². The fourth-order valence-electron chi connectivity index (χ4n) is 2.47. The summed E-state index contributed by atoms with van der Waals surface area (Å²) in [5.74, 6) is 0.403. The van der Waals surface area contributed by atoms with Crippen molar-refractivity contribution in [1.82, 2.24) is 34.4 Å². The number of anilines is 1. The average Bonchev–Trinajstić information content (AvgIpc) is 3.50. The van der Waals surface area contributed by atoms with E-state index in [9.17, 15) is 4.79 Å². The third-order valence-corrected chi connectivity index (χ3v) is 6.77. The molecule has 2 N–H and O–H groups in total. The van der Waals surface area contributed by atoms with Crippen LogP contribution in [0.4, 0.5) is 5.13 Å². The Balaban J connectivity index is 1.56. The van der Waals surface area contributed by atoms with E-state index in [0.717, 1.165) is 22.2 Å². The van der Waals surface area contributed by atoms with E-state index in [-0.39, 0.29) is 17.8 Å². The number of hydrogen-bond donors (Lipinski definition) is 2. The monoisotopic (exact) mass is 500 g/mol. The fourth-order valence-corrected chi connectivity index (χ4v) is 4.47. The van der Waals surface area contributed by atoms with Crippen LogP contribution in [0.1, 0.15) is 17.4 Å². The first kappa shape index (κ1) is 23.2. The van der Waals surface area contributed by atoms with Crippen LogP contribution < -0.4 is 10.1 Å². The van der Waals surface area contributed by atoms with Gasteiger partial charge in [0.25, 0.3) is 5.91 Å². The standard InChI is InChI=1S/C20H20N8O2S3/c1-12(28(2)3)30-13-4-6-14(7-5-13)31-15-8-9-16(32-20-21-10-23-27-20)25-17(15)18(29)26-19-22-11-24-33-19/h4-12H,1-3H3,(H,21,23,27)(H,22,24,26,29). The Morgan fingerprint density at radius 2 is 1.94 bits per heavy atom. The van der Waals surface area contributed by atoms with E-state index in [1.807, 2.05) is 62.3 Å². The summed E-state index contributed by atoms with van der Waals surface area (Å²) in [6.45, 7) is 1.98. The van der Waals surface area contributed by atoms with Gasteiger partial charge in [-0.1, -0.05) is 11.8 Å². The molecule has 0 fully saturated rings. The first-order valence-electron chi connectivity index (χ1n) is 9.71. The molecule has 0 bridgehead atoms. The minimum absolute atomic E-state index is 0.0437. The number of carbonyl (C=O) groups is 1. The average molecular weight is 501 g/mol. The molecule has 0 aliphatic heterocycles. The normalized spacial score (nSPS) is 12.0. The number of nitrogens with zero attached hydrogens (tertiary/aromatic N) is 6. The SMILES string of the molecule is CC(Oc1ccc(Sc2ccc(Sc3ncn[nH]3)nc2C(=O)Nc2ncns2)cc1)N(C)C. The van der Waals surface area contributed by atoms with Crippen LogP contribution in [-0.4, -0.2) is 60.7 Å². The summed E-state index contributed by atoms with van der Waals surface area (Å²) in [5, 5.41) is 11.0. The minimum Gasteiger partial charge on any atom is -0.475 e. The Labute approximate surface area is 202 Å². The smallest absolute Gasteiger partial charge is 0.277 e. The lowest BCUT2D eigenvalue weighted by atomic mass is 10.3. The molecule has 0 saturated heterocycles. The molecule has 33 heavy (non-hydrogen) atoms. The van der Waals surface area contributed by atoms with Crippen LogP contribution in [0, 0.1) is 0 Å². The van der Waals surface area contributed by atoms with E-state index in [2.05, 4.69) is 34.8 Å². The van der Waals surface area contributed by atoms with Crippen LogP contribution in [-0.2, 0) is 0 Å². The number of carbonyl (C=O) groups excluding carboxylic acids is 1. The molecule has 13 heteroatoms. The molecule has 1 atom stereocenters. The molecule has 1 aromatic carbocycles. The van der Waals surface area contributed by atoms with Crippen LogP contribution in [0.25, 0.3) is 0 Å². The van der Waals surface area contributed by atoms with Gasteiger partial charge in [0.2, 0.25) is 5.13 Å². The van der Waals surface area contributed by atoms with E-state index >= 15 is 0 Å². The summed E-state index contributed by atoms with van der Waals surface area (Å²) in [6, 6.07) is 11.4. The zero-order valence-electron chi connectivity index (χ0n) is 17.9. The molecule has 1 unspecified atom stereocenters. The molecule has 0 aliphatic carbocycles. The summed E-state index contributed by atoms with van der Waals surface area (Å²) in [6.07, 6.45) is 2.76. The Hall–Kier alpha value is -3.00. The van der Waals surface area contributed by atoms with Gasteiger partial charge in [-0.3, -0.25) is 20.1 Å². The number of nitrogens with one attached hydrogen (secondary N) is 2. The number of aromatic nitrogens is 6. The van der Waals surface area contributed by atoms with Crippen molar-refractivity contribution in [1.29, 1.82) is 0 Å². The Bertz CT molecular complexity index is 1180. The Morgan fingerprint density at radius 1 is 1.12 bits per heavy atom. The van der Waals surface area contributed by atoms with Gasteiger partial charge in [-0.25, -0.2) is 15.0 Å². The molecule has 3 aromatic heterocycles. The molecule has 1 amide bonds. The molecule has 0 spiro atoms. The maximum Gasteiger partial charge on any atom is 0.277 e. The lowest BCUT2D eigenvalue weighted by Crippen LogP contribution is -2.30. The molecular weight excluding hydrogens is 480 g/mol. The highest BCUT2D eigenvalue weighted by molar-refractivity contribution is 7.99. The zero-order valence-corrected chi connectivity index (χ0v) is 20.4. The van der Waals surface area contributed by atoms with E-state index in [1.54, 1.807) is 0 Å². The quantitative estimate of drug-likeness (QED) is 0.327. The highest BCUT2D eigenvalue weighted by atomic mass is 32.2. The molecule has 0 aliphatic rings.